The molecule has 0 saturated carbocycles. The molecule has 1 aromatic carbocycles. The second-order valence-corrected chi connectivity index (χ2v) is 5.84. The lowest BCUT2D eigenvalue weighted by Gasteiger charge is -2.21. The molecule has 0 aromatic heterocycles. The van der Waals surface area contributed by atoms with E-state index in [1.807, 2.05) is 0 Å². The maximum absolute atomic E-state index is 12.3. The molecule has 122 valence electrons. The largest absolute Gasteiger partial charge is 0.352 e. The van der Waals surface area contributed by atoms with Crippen LogP contribution < -0.4 is 16.8 Å². The second-order valence-electron chi connectivity index (χ2n) is 5.84. The van der Waals surface area contributed by atoms with Gasteiger partial charge in [0.1, 0.15) is 0 Å². The fraction of sp³-hybridized carbons (Fsp3) is 0.500. The number of nitrogens with two attached hydrogens (primary N) is 2. The molecule has 1 aromatic rings. The van der Waals surface area contributed by atoms with Gasteiger partial charge in [-0.1, -0.05) is 26.0 Å². The molecule has 0 fully saturated rings. The van der Waals surface area contributed by atoms with Crippen LogP contribution in [0.15, 0.2) is 24.3 Å². The molecule has 0 bridgehead atoms. The summed E-state index contributed by atoms with van der Waals surface area (Å²) in [5.41, 5.74) is 12.5. The minimum absolute atomic E-state index is 0.0367. The third kappa shape index (κ3) is 5.73. The Hall–Kier alpha value is -2.08. The summed E-state index contributed by atoms with van der Waals surface area (Å²) in [6.07, 6.45) is 0.778. The third-order valence-electron chi connectivity index (χ3n) is 3.67. The zero-order chi connectivity index (χ0) is 16.7. The molecule has 1 unspecified atom stereocenters. The Balaban J connectivity index is 2.55. The smallest absolute Gasteiger partial charge is 0.312 e. The van der Waals surface area contributed by atoms with Crippen LogP contribution >= 0.6 is 0 Å². The van der Waals surface area contributed by atoms with Gasteiger partial charge in [0.05, 0.1) is 0 Å². The molecule has 0 spiro atoms. The lowest BCUT2D eigenvalue weighted by molar-refractivity contribution is 0.0789. The van der Waals surface area contributed by atoms with Gasteiger partial charge in [-0.15, -0.1) is 0 Å². The zero-order valence-corrected chi connectivity index (χ0v) is 13.5. The number of nitrogens with zero attached hydrogens (tertiary/aromatic N) is 1. The van der Waals surface area contributed by atoms with E-state index in [-0.39, 0.29) is 11.9 Å². The van der Waals surface area contributed by atoms with Crippen molar-refractivity contribution in [1.29, 1.82) is 0 Å². The Morgan fingerprint density at radius 1 is 1.23 bits per heavy atom. The highest BCUT2D eigenvalue weighted by Crippen LogP contribution is 2.09. The first-order valence-corrected chi connectivity index (χ1v) is 7.44. The summed E-state index contributed by atoms with van der Waals surface area (Å²) < 4.78 is 0. The van der Waals surface area contributed by atoms with Crippen LogP contribution in [-0.4, -0.2) is 36.5 Å². The van der Waals surface area contributed by atoms with Crippen LogP contribution in [0.1, 0.15) is 36.2 Å². The van der Waals surface area contributed by atoms with Gasteiger partial charge in [-0.25, -0.2) is 4.79 Å². The van der Waals surface area contributed by atoms with Gasteiger partial charge in [0.2, 0.25) is 0 Å². The number of carbonyl (C=O) groups excluding carboxylic acids is 2. The highest BCUT2D eigenvalue weighted by molar-refractivity contribution is 5.94. The summed E-state index contributed by atoms with van der Waals surface area (Å²) in [5.74, 6) is 0.367. The topological polar surface area (TPSA) is 101 Å². The van der Waals surface area contributed by atoms with Crippen LogP contribution in [0, 0.1) is 5.92 Å². The Kier molecular flexibility index (Phi) is 6.85. The van der Waals surface area contributed by atoms with E-state index in [2.05, 4.69) is 19.2 Å². The van der Waals surface area contributed by atoms with E-state index in [0.717, 1.165) is 12.0 Å². The van der Waals surface area contributed by atoms with Crippen molar-refractivity contribution >= 4 is 11.9 Å². The van der Waals surface area contributed by atoms with Crippen LogP contribution in [0.3, 0.4) is 0 Å². The van der Waals surface area contributed by atoms with Crippen molar-refractivity contribution < 1.29 is 9.59 Å². The normalized spacial score (nSPS) is 12.0. The van der Waals surface area contributed by atoms with Gasteiger partial charge in [0.25, 0.3) is 5.91 Å². The van der Waals surface area contributed by atoms with E-state index in [9.17, 15) is 9.59 Å². The van der Waals surface area contributed by atoms with Crippen molar-refractivity contribution in [3.05, 3.63) is 35.4 Å². The van der Waals surface area contributed by atoms with Crippen LogP contribution in [-0.2, 0) is 6.54 Å². The number of urea groups is 1. The van der Waals surface area contributed by atoms with E-state index in [1.54, 1.807) is 36.2 Å². The lowest BCUT2D eigenvalue weighted by Crippen LogP contribution is -2.34. The molecule has 0 aliphatic heterocycles. The average molecular weight is 306 g/mol. The van der Waals surface area contributed by atoms with E-state index < -0.39 is 6.03 Å². The van der Waals surface area contributed by atoms with Crippen molar-refractivity contribution in [3.63, 3.8) is 0 Å². The SMILES string of the molecule is CC(C)C(N)CCN(C)C(=O)c1ccc(CNC(N)=O)cc1. The first-order chi connectivity index (χ1) is 10.3. The van der Waals surface area contributed by atoms with Gasteiger partial charge < -0.3 is 21.7 Å². The van der Waals surface area contributed by atoms with E-state index in [4.69, 9.17) is 11.5 Å². The number of carbonyl (C=O) groups is 2. The minimum Gasteiger partial charge on any atom is -0.352 e. The number of primary amides is 1. The number of rotatable bonds is 7. The van der Waals surface area contributed by atoms with Gasteiger partial charge in [0.15, 0.2) is 0 Å². The summed E-state index contributed by atoms with van der Waals surface area (Å²) in [6.45, 7) is 5.13. The van der Waals surface area contributed by atoms with Crippen molar-refractivity contribution in [2.45, 2.75) is 32.9 Å². The van der Waals surface area contributed by atoms with E-state index in [1.165, 1.54) is 0 Å². The Labute approximate surface area is 131 Å². The maximum atomic E-state index is 12.3. The van der Waals surface area contributed by atoms with Crippen LogP contribution in [0.25, 0.3) is 0 Å². The van der Waals surface area contributed by atoms with Gasteiger partial charge in [0, 0.05) is 31.7 Å². The second kappa shape index (κ2) is 8.38. The van der Waals surface area contributed by atoms with Crippen molar-refractivity contribution in [1.82, 2.24) is 10.2 Å². The predicted molar refractivity (Wildman–Crippen MR) is 87.3 cm³/mol. The number of nitrogens with one attached hydrogen (secondary N) is 1. The molecule has 22 heavy (non-hydrogen) atoms. The summed E-state index contributed by atoms with van der Waals surface area (Å²) in [5, 5.41) is 2.51. The van der Waals surface area contributed by atoms with Crippen molar-refractivity contribution in [2.75, 3.05) is 13.6 Å². The molecule has 0 heterocycles. The van der Waals surface area contributed by atoms with Gasteiger partial charge >= 0.3 is 6.03 Å². The first kappa shape index (κ1) is 18.0. The highest BCUT2D eigenvalue weighted by atomic mass is 16.2. The summed E-state index contributed by atoms with van der Waals surface area (Å²) in [7, 11) is 1.78. The molecule has 6 heteroatoms. The molecule has 1 rings (SSSR count). The van der Waals surface area contributed by atoms with E-state index >= 15 is 0 Å². The quantitative estimate of drug-likeness (QED) is 0.707. The first-order valence-electron chi connectivity index (χ1n) is 7.44. The Morgan fingerprint density at radius 2 is 1.82 bits per heavy atom. The summed E-state index contributed by atoms with van der Waals surface area (Å²) in [4.78, 5) is 24.6. The van der Waals surface area contributed by atoms with Crippen LogP contribution in [0.5, 0.6) is 0 Å². The molecule has 0 aliphatic rings. The number of hydrogen-bond donors (Lipinski definition) is 3. The Morgan fingerprint density at radius 3 is 2.32 bits per heavy atom. The van der Waals surface area contributed by atoms with Gasteiger partial charge in [-0.3, -0.25) is 4.79 Å². The summed E-state index contributed by atoms with van der Waals surface area (Å²) in [6, 6.07) is 6.63. The highest BCUT2D eigenvalue weighted by Gasteiger charge is 2.14. The van der Waals surface area contributed by atoms with Crippen molar-refractivity contribution in [2.24, 2.45) is 17.4 Å². The molecular formula is C16H26N4O2. The zero-order valence-electron chi connectivity index (χ0n) is 13.5. The minimum atomic E-state index is -0.568. The fourth-order valence-electron chi connectivity index (χ4n) is 1.95. The standard InChI is InChI=1S/C16H26N4O2/c1-11(2)14(17)8-9-20(3)15(21)13-6-4-12(5-7-13)10-19-16(18)22/h4-7,11,14H,8-10,17H2,1-3H3,(H3,18,19,22). The molecule has 0 radical (unpaired) electrons. The maximum Gasteiger partial charge on any atom is 0.312 e. The molecule has 0 aliphatic carbocycles. The molecule has 1 atom stereocenters. The molecule has 3 amide bonds. The molecule has 6 nitrogen and oxygen atoms in total. The Bertz CT molecular complexity index is 499. The van der Waals surface area contributed by atoms with Gasteiger partial charge in [-0.05, 0) is 30.0 Å². The lowest BCUT2D eigenvalue weighted by atomic mass is 10.0. The van der Waals surface area contributed by atoms with Crippen LogP contribution in [0.2, 0.25) is 0 Å². The summed E-state index contributed by atoms with van der Waals surface area (Å²) >= 11 is 0. The van der Waals surface area contributed by atoms with Crippen molar-refractivity contribution in [3.8, 4) is 0 Å². The predicted octanol–water partition coefficient (Wildman–Crippen LogP) is 1.30. The van der Waals surface area contributed by atoms with Gasteiger partial charge in [-0.2, -0.15) is 0 Å². The number of amides is 3. The molecule has 0 saturated heterocycles. The van der Waals surface area contributed by atoms with Crippen LogP contribution in [0.4, 0.5) is 4.79 Å². The average Bonchev–Trinajstić information content (AvgIpc) is 2.49. The molecular weight excluding hydrogens is 280 g/mol. The fourth-order valence-corrected chi connectivity index (χ4v) is 1.95. The van der Waals surface area contributed by atoms with E-state index in [0.29, 0.717) is 24.6 Å². The third-order valence-corrected chi connectivity index (χ3v) is 3.67. The number of benzene rings is 1. The number of hydrogen-bond acceptors (Lipinski definition) is 3. The monoisotopic (exact) mass is 306 g/mol. The molecule has 5 N–H and O–H groups in total.